The van der Waals surface area contributed by atoms with E-state index in [2.05, 4.69) is 10.6 Å². The van der Waals surface area contributed by atoms with Gasteiger partial charge in [-0.25, -0.2) is 4.39 Å². The lowest BCUT2D eigenvalue weighted by Crippen LogP contribution is -2.14. The van der Waals surface area contributed by atoms with E-state index in [0.717, 1.165) is 12.1 Å². The first-order chi connectivity index (χ1) is 12.0. The third-order valence-corrected chi connectivity index (χ3v) is 3.61. The van der Waals surface area contributed by atoms with Gasteiger partial charge in [0, 0.05) is 11.4 Å². The van der Waals surface area contributed by atoms with Crippen LogP contribution >= 0.6 is 11.6 Å². The normalized spacial score (nSPS) is 10.3. The molecule has 3 aromatic rings. The molecule has 126 valence electrons. The highest BCUT2D eigenvalue weighted by Crippen LogP contribution is 2.21. The minimum Gasteiger partial charge on any atom is -0.459 e. The van der Waals surface area contributed by atoms with Crippen molar-refractivity contribution in [1.82, 2.24) is 0 Å². The Morgan fingerprint density at radius 2 is 1.64 bits per heavy atom. The number of hydrogen-bond acceptors (Lipinski definition) is 3. The number of carbonyl (C=O) groups excluding carboxylic acids is 2. The minimum absolute atomic E-state index is 0.0137. The van der Waals surface area contributed by atoms with Crippen molar-refractivity contribution in [3.05, 3.63) is 83.0 Å². The molecule has 1 heterocycles. The number of benzene rings is 2. The highest BCUT2D eigenvalue weighted by atomic mass is 35.5. The number of anilines is 2. The lowest BCUT2D eigenvalue weighted by atomic mass is 10.2. The maximum absolute atomic E-state index is 13.1. The first kappa shape index (κ1) is 16.7. The Morgan fingerprint density at radius 3 is 2.28 bits per heavy atom. The molecule has 0 aliphatic carbocycles. The van der Waals surface area contributed by atoms with E-state index >= 15 is 0 Å². The van der Waals surface area contributed by atoms with E-state index in [-0.39, 0.29) is 16.3 Å². The van der Waals surface area contributed by atoms with E-state index in [0.29, 0.717) is 11.4 Å². The molecule has 2 aromatic carbocycles. The van der Waals surface area contributed by atoms with Crippen LogP contribution in [0.4, 0.5) is 15.8 Å². The van der Waals surface area contributed by atoms with Crippen LogP contribution in [0.5, 0.6) is 0 Å². The zero-order valence-electron chi connectivity index (χ0n) is 12.8. The van der Waals surface area contributed by atoms with Gasteiger partial charge in [0.25, 0.3) is 11.8 Å². The predicted octanol–water partition coefficient (Wildman–Crippen LogP) is 4.58. The molecule has 0 spiro atoms. The zero-order valence-corrected chi connectivity index (χ0v) is 13.5. The van der Waals surface area contributed by atoms with Crippen LogP contribution in [0.3, 0.4) is 0 Å². The summed E-state index contributed by atoms with van der Waals surface area (Å²) in [5, 5.41) is 5.32. The van der Waals surface area contributed by atoms with Crippen LogP contribution in [-0.2, 0) is 0 Å². The third-order valence-electron chi connectivity index (χ3n) is 3.30. The predicted molar refractivity (Wildman–Crippen MR) is 92.5 cm³/mol. The van der Waals surface area contributed by atoms with Crippen molar-refractivity contribution in [2.75, 3.05) is 10.6 Å². The fourth-order valence-corrected chi connectivity index (χ4v) is 2.40. The average Bonchev–Trinajstić information content (AvgIpc) is 3.09. The molecule has 5 nitrogen and oxygen atoms in total. The maximum Gasteiger partial charge on any atom is 0.291 e. The Balaban J connectivity index is 1.73. The van der Waals surface area contributed by atoms with Crippen LogP contribution in [-0.4, -0.2) is 11.8 Å². The Morgan fingerprint density at radius 1 is 0.920 bits per heavy atom. The summed E-state index contributed by atoms with van der Waals surface area (Å²) < 4.78 is 18.1. The number of carbonyl (C=O) groups is 2. The summed E-state index contributed by atoms with van der Waals surface area (Å²) in [5.41, 5.74) is 1.07. The molecule has 0 bridgehead atoms. The molecular weight excluding hydrogens is 347 g/mol. The lowest BCUT2D eigenvalue weighted by molar-refractivity contribution is 0.0995. The summed E-state index contributed by atoms with van der Waals surface area (Å²) in [6.07, 6.45) is 1.40. The van der Waals surface area contributed by atoms with Gasteiger partial charge in [0.05, 0.1) is 16.8 Å². The van der Waals surface area contributed by atoms with E-state index in [1.165, 1.54) is 18.4 Å². The van der Waals surface area contributed by atoms with Crippen LogP contribution in [0.2, 0.25) is 5.02 Å². The SMILES string of the molecule is O=C(Nc1cccc(NC(=O)c2ccc(F)cc2Cl)c1)c1ccco1. The molecule has 0 aliphatic heterocycles. The van der Waals surface area contributed by atoms with Crippen molar-refractivity contribution in [3.63, 3.8) is 0 Å². The van der Waals surface area contributed by atoms with E-state index < -0.39 is 17.6 Å². The Bertz CT molecular complexity index is 926. The van der Waals surface area contributed by atoms with Crippen molar-refractivity contribution in [2.45, 2.75) is 0 Å². The number of furan rings is 1. The Kier molecular flexibility index (Phi) is 4.81. The molecule has 0 fully saturated rings. The second-order valence-electron chi connectivity index (χ2n) is 5.09. The molecule has 0 unspecified atom stereocenters. The summed E-state index contributed by atoms with van der Waals surface area (Å²) in [5.74, 6) is -1.24. The van der Waals surface area contributed by atoms with Crippen LogP contribution in [0.25, 0.3) is 0 Å². The second-order valence-corrected chi connectivity index (χ2v) is 5.50. The smallest absolute Gasteiger partial charge is 0.291 e. The fourth-order valence-electron chi connectivity index (χ4n) is 2.15. The average molecular weight is 359 g/mol. The number of rotatable bonds is 4. The zero-order chi connectivity index (χ0) is 17.8. The summed E-state index contributed by atoms with van der Waals surface area (Å²) in [6.45, 7) is 0. The van der Waals surface area contributed by atoms with Gasteiger partial charge in [0.15, 0.2) is 5.76 Å². The summed E-state index contributed by atoms with van der Waals surface area (Å²) in [7, 11) is 0. The number of hydrogen-bond donors (Lipinski definition) is 2. The molecule has 2 N–H and O–H groups in total. The van der Waals surface area contributed by atoms with E-state index in [1.807, 2.05) is 0 Å². The van der Waals surface area contributed by atoms with E-state index in [4.69, 9.17) is 16.0 Å². The highest BCUT2D eigenvalue weighted by Gasteiger charge is 2.13. The molecule has 0 aliphatic rings. The van der Waals surface area contributed by atoms with Gasteiger partial charge in [-0.2, -0.15) is 0 Å². The van der Waals surface area contributed by atoms with Gasteiger partial charge >= 0.3 is 0 Å². The van der Waals surface area contributed by atoms with Gasteiger partial charge in [0.1, 0.15) is 5.82 Å². The lowest BCUT2D eigenvalue weighted by Gasteiger charge is -2.09. The van der Waals surface area contributed by atoms with Crippen LogP contribution in [0, 0.1) is 5.82 Å². The van der Waals surface area contributed by atoms with Gasteiger partial charge in [-0.1, -0.05) is 17.7 Å². The van der Waals surface area contributed by atoms with E-state index in [1.54, 1.807) is 30.3 Å². The summed E-state index contributed by atoms with van der Waals surface area (Å²) in [6, 6.07) is 13.2. The number of nitrogens with one attached hydrogen (secondary N) is 2. The number of halogens is 2. The minimum atomic E-state index is -0.524. The van der Waals surface area contributed by atoms with Gasteiger partial charge in [-0.05, 0) is 48.5 Å². The highest BCUT2D eigenvalue weighted by molar-refractivity contribution is 6.34. The Labute approximate surface area is 147 Å². The quantitative estimate of drug-likeness (QED) is 0.717. The first-order valence-electron chi connectivity index (χ1n) is 7.24. The molecule has 3 rings (SSSR count). The first-order valence-corrected chi connectivity index (χ1v) is 7.62. The standard InChI is InChI=1S/C18H12ClFN2O3/c19-15-9-11(20)6-7-14(15)17(23)21-12-3-1-4-13(10-12)22-18(24)16-5-2-8-25-16/h1-10H,(H,21,23)(H,22,24). The van der Waals surface area contributed by atoms with E-state index in [9.17, 15) is 14.0 Å². The molecule has 0 atom stereocenters. The topological polar surface area (TPSA) is 71.3 Å². The molecule has 1 aromatic heterocycles. The third kappa shape index (κ3) is 4.05. The van der Waals surface area contributed by atoms with Gasteiger partial charge in [0.2, 0.25) is 0 Å². The van der Waals surface area contributed by atoms with Gasteiger partial charge in [-0.15, -0.1) is 0 Å². The largest absolute Gasteiger partial charge is 0.459 e. The summed E-state index contributed by atoms with van der Waals surface area (Å²) >= 11 is 5.88. The van der Waals surface area contributed by atoms with Crippen molar-refractivity contribution in [1.29, 1.82) is 0 Å². The van der Waals surface area contributed by atoms with Gasteiger partial charge < -0.3 is 15.1 Å². The molecule has 0 saturated carbocycles. The van der Waals surface area contributed by atoms with Crippen LogP contribution in [0.1, 0.15) is 20.9 Å². The molecule has 25 heavy (non-hydrogen) atoms. The van der Waals surface area contributed by atoms with Crippen molar-refractivity contribution >= 4 is 34.8 Å². The van der Waals surface area contributed by atoms with Crippen molar-refractivity contribution in [2.24, 2.45) is 0 Å². The van der Waals surface area contributed by atoms with Gasteiger partial charge in [-0.3, -0.25) is 9.59 Å². The van der Waals surface area contributed by atoms with Crippen LogP contribution in [0.15, 0.2) is 65.3 Å². The van der Waals surface area contributed by atoms with Crippen LogP contribution < -0.4 is 10.6 Å². The molecular formula is C18H12ClFN2O3. The summed E-state index contributed by atoms with van der Waals surface area (Å²) in [4.78, 5) is 24.2. The number of amides is 2. The maximum atomic E-state index is 13.1. The monoisotopic (exact) mass is 358 g/mol. The Hall–Kier alpha value is -3.12. The molecule has 2 amide bonds. The molecule has 0 radical (unpaired) electrons. The fraction of sp³-hybridized carbons (Fsp3) is 0. The molecule has 7 heteroatoms. The van der Waals surface area contributed by atoms with Crippen molar-refractivity contribution < 1.29 is 18.4 Å². The second kappa shape index (κ2) is 7.19. The van der Waals surface area contributed by atoms with Crippen molar-refractivity contribution in [3.8, 4) is 0 Å². The molecule has 0 saturated heterocycles.